The van der Waals surface area contributed by atoms with Crippen molar-refractivity contribution in [1.82, 2.24) is 4.90 Å². The number of anilines is 1. The Balaban J connectivity index is 1.41. The number of morpholine rings is 1. The van der Waals surface area contributed by atoms with Crippen LogP contribution in [-0.4, -0.2) is 49.8 Å². The summed E-state index contributed by atoms with van der Waals surface area (Å²) in [4.78, 5) is 16.5. The van der Waals surface area contributed by atoms with Crippen LogP contribution >= 0.6 is 0 Å². The maximum Gasteiger partial charge on any atom is 0.253 e. The number of likely N-dealkylation sites (tertiary alicyclic amines) is 1. The summed E-state index contributed by atoms with van der Waals surface area (Å²) in [7, 11) is 1.68. The Morgan fingerprint density at radius 3 is 2.66 bits per heavy atom. The number of carbonyl (C=O) groups is 1. The highest BCUT2D eigenvalue weighted by atomic mass is 19.1. The SMILES string of the molecule is COc1ccc(CN2CCC3(CC2)CN(c2cccc(F)c2)C(=O)CO3)c(C)c1. The van der Waals surface area contributed by atoms with Gasteiger partial charge in [0, 0.05) is 25.3 Å². The van der Waals surface area contributed by atoms with E-state index in [0.717, 1.165) is 38.2 Å². The van der Waals surface area contributed by atoms with Gasteiger partial charge in [-0.25, -0.2) is 4.39 Å². The molecular weight excluding hydrogens is 371 g/mol. The van der Waals surface area contributed by atoms with Crippen LogP contribution in [0.4, 0.5) is 10.1 Å². The van der Waals surface area contributed by atoms with E-state index in [-0.39, 0.29) is 23.9 Å². The minimum absolute atomic E-state index is 0.0497. The number of rotatable bonds is 4. The van der Waals surface area contributed by atoms with Crippen molar-refractivity contribution < 1.29 is 18.7 Å². The second kappa shape index (κ2) is 8.13. The Hall–Kier alpha value is -2.44. The number of amides is 1. The molecule has 29 heavy (non-hydrogen) atoms. The smallest absolute Gasteiger partial charge is 0.253 e. The van der Waals surface area contributed by atoms with Gasteiger partial charge in [-0.15, -0.1) is 0 Å². The van der Waals surface area contributed by atoms with Crippen molar-refractivity contribution in [1.29, 1.82) is 0 Å². The number of carbonyl (C=O) groups excluding carboxylic acids is 1. The molecule has 154 valence electrons. The fourth-order valence-electron chi connectivity index (χ4n) is 4.23. The van der Waals surface area contributed by atoms with Crippen LogP contribution in [0.25, 0.3) is 0 Å². The van der Waals surface area contributed by atoms with Crippen molar-refractivity contribution in [2.45, 2.75) is 31.9 Å². The summed E-state index contributed by atoms with van der Waals surface area (Å²) in [6, 6.07) is 12.4. The van der Waals surface area contributed by atoms with Gasteiger partial charge in [-0.2, -0.15) is 0 Å². The minimum atomic E-state index is -0.355. The molecule has 2 aromatic carbocycles. The lowest BCUT2D eigenvalue weighted by molar-refractivity contribution is -0.144. The molecule has 2 heterocycles. The van der Waals surface area contributed by atoms with E-state index >= 15 is 0 Å². The molecule has 0 bridgehead atoms. The monoisotopic (exact) mass is 398 g/mol. The van der Waals surface area contributed by atoms with Gasteiger partial charge >= 0.3 is 0 Å². The van der Waals surface area contributed by atoms with Gasteiger partial charge in [0.15, 0.2) is 0 Å². The van der Waals surface area contributed by atoms with E-state index in [4.69, 9.17) is 9.47 Å². The Morgan fingerprint density at radius 2 is 1.97 bits per heavy atom. The fourth-order valence-corrected chi connectivity index (χ4v) is 4.23. The van der Waals surface area contributed by atoms with Crippen molar-refractivity contribution in [3.05, 3.63) is 59.4 Å². The molecule has 0 aliphatic carbocycles. The third-order valence-corrected chi connectivity index (χ3v) is 6.08. The van der Waals surface area contributed by atoms with Gasteiger partial charge in [-0.05, 0) is 61.2 Å². The number of hydrogen-bond donors (Lipinski definition) is 0. The zero-order valence-electron chi connectivity index (χ0n) is 17.0. The van der Waals surface area contributed by atoms with Crippen LogP contribution in [0.5, 0.6) is 5.75 Å². The zero-order valence-corrected chi connectivity index (χ0v) is 17.0. The zero-order chi connectivity index (χ0) is 20.4. The highest BCUT2D eigenvalue weighted by molar-refractivity contribution is 5.95. The molecule has 0 unspecified atom stereocenters. The molecule has 0 aromatic heterocycles. The molecule has 2 aliphatic heterocycles. The topological polar surface area (TPSA) is 42.0 Å². The van der Waals surface area contributed by atoms with Crippen LogP contribution in [0.1, 0.15) is 24.0 Å². The van der Waals surface area contributed by atoms with Gasteiger partial charge < -0.3 is 14.4 Å². The number of halogens is 1. The number of benzene rings is 2. The molecule has 2 saturated heterocycles. The van der Waals surface area contributed by atoms with Crippen molar-refractivity contribution in [2.75, 3.05) is 38.3 Å². The van der Waals surface area contributed by atoms with Crippen LogP contribution in [0, 0.1) is 12.7 Å². The Morgan fingerprint density at radius 1 is 1.17 bits per heavy atom. The molecule has 0 N–H and O–H groups in total. The van der Waals surface area contributed by atoms with Crippen LogP contribution in [0.2, 0.25) is 0 Å². The third kappa shape index (κ3) is 4.28. The largest absolute Gasteiger partial charge is 0.497 e. The van der Waals surface area contributed by atoms with Crippen molar-refractivity contribution in [3.63, 3.8) is 0 Å². The average Bonchev–Trinajstić information content (AvgIpc) is 2.73. The highest BCUT2D eigenvalue weighted by Crippen LogP contribution is 2.33. The number of methoxy groups -OCH3 is 1. The van der Waals surface area contributed by atoms with E-state index in [9.17, 15) is 9.18 Å². The van der Waals surface area contributed by atoms with Crippen LogP contribution in [0.3, 0.4) is 0 Å². The lowest BCUT2D eigenvalue weighted by atomic mass is 9.88. The fraction of sp³-hybridized carbons (Fsp3) is 0.435. The molecule has 2 aliphatic rings. The van der Waals surface area contributed by atoms with Gasteiger partial charge in [-0.3, -0.25) is 9.69 Å². The molecule has 0 saturated carbocycles. The molecule has 0 atom stereocenters. The summed E-state index contributed by atoms with van der Waals surface area (Å²) in [6.45, 7) is 5.32. The van der Waals surface area contributed by atoms with Crippen LogP contribution < -0.4 is 9.64 Å². The molecule has 2 fully saturated rings. The maximum atomic E-state index is 13.6. The highest BCUT2D eigenvalue weighted by Gasteiger charge is 2.42. The molecule has 4 rings (SSSR count). The van der Waals surface area contributed by atoms with Gasteiger partial charge in [0.05, 0.1) is 19.3 Å². The minimum Gasteiger partial charge on any atom is -0.497 e. The molecule has 6 heteroatoms. The first kappa shape index (κ1) is 19.9. The van der Waals surface area contributed by atoms with E-state index < -0.39 is 0 Å². The first-order valence-electron chi connectivity index (χ1n) is 10.0. The first-order valence-corrected chi connectivity index (χ1v) is 10.0. The normalized spacial score (nSPS) is 19.6. The molecule has 1 amide bonds. The predicted octanol–water partition coefficient (Wildman–Crippen LogP) is 3.54. The second-order valence-electron chi connectivity index (χ2n) is 8.00. The van der Waals surface area contributed by atoms with Crippen LogP contribution in [-0.2, 0) is 16.1 Å². The predicted molar refractivity (Wildman–Crippen MR) is 110 cm³/mol. The average molecular weight is 398 g/mol. The van der Waals surface area contributed by atoms with Gasteiger partial charge in [0.2, 0.25) is 0 Å². The standard InChI is InChI=1S/C23H27FN2O3/c1-17-12-21(28-2)7-6-18(17)14-25-10-8-23(9-11-25)16-26(22(27)15-29-23)20-5-3-4-19(24)13-20/h3-7,12-13H,8-11,14-16H2,1-2H3. The quantitative estimate of drug-likeness (QED) is 0.790. The number of hydrogen-bond acceptors (Lipinski definition) is 4. The summed E-state index contributed by atoms with van der Waals surface area (Å²) in [5, 5.41) is 0. The van der Waals surface area contributed by atoms with E-state index in [1.807, 2.05) is 6.07 Å². The Bertz CT molecular complexity index is 893. The van der Waals surface area contributed by atoms with E-state index in [0.29, 0.717) is 12.2 Å². The number of nitrogens with zero attached hydrogens (tertiary/aromatic N) is 2. The lowest BCUT2D eigenvalue weighted by Gasteiger charge is -2.47. The summed E-state index contributed by atoms with van der Waals surface area (Å²) < 4.78 is 25.0. The summed E-state index contributed by atoms with van der Waals surface area (Å²) in [5.41, 5.74) is 2.77. The van der Waals surface area contributed by atoms with Gasteiger partial charge in [0.1, 0.15) is 18.2 Å². The number of aryl methyl sites for hydroxylation is 1. The first-order chi connectivity index (χ1) is 14.0. The molecule has 2 aromatic rings. The van der Waals surface area contributed by atoms with Crippen molar-refractivity contribution in [3.8, 4) is 5.75 Å². The van der Waals surface area contributed by atoms with E-state index in [2.05, 4.69) is 24.0 Å². The van der Waals surface area contributed by atoms with Crippen molar-refractivity contribution in [2.24, 2.45) is 0 Å². The lowest BCUT2D eigenvalue weighted by Crippen LogP contribution is -2.58. The van der Waals surface area contributed by atoms with Gasteiger partial charge in [0.25, 0.3) is 5.91 Å². The summed E-state index contributed by atoms with van der Waals surface area (Å²) in [6.07, 6.45) is 1.70. The third-order valence-electron chi connectivity index (χ3n) is 6.08. The second-order valence-corrected chi connectivity index (χ2v) is 8.00. The van der Waals surface area contributed by atoms with Gasteiger partial charge in [-0.1, -0.05) is 12.1 Å². The van der Waals surface area contributed by atoms with E-state index in [1.54, 1.807) is 24.1 Å². The molecular formula is C23H27FN2O3. The Labute approximate surface area is 171 Å². The molecule has 0 radical (unpaired) electrons. The van der Waals surface area contributed by atoms with Crippen molar-refractivity contribution >= 4 is 11.6 Å². The maximum absolute atomic E-state index is 13.6. The number of piperidine rings is 1. The number of ether oxygens (including phenoxy) is 2. The summed E-state index contributed by atoms with van der Waals surface area (Å²) >= 11 is 0. The molecule has 5 nitrogen and oxygen atoms in total. The summed E-state index contributed by atoms with van der Waals surface area (Å²) in [5.74, 6) is 0.430. The van der Waals surface area contributed by atoms with Crippen LogP contribution in [0.15, 0.2) is 42.5 Å². The Kier molecular flexibility index (Phi) is 5.56. The molecule has 1 spiro atoms. The van der Waals surface area contributed by atoms with E-state index in [1.165, 1.54) is 23.3 Å².